The average Bonchev–Trinajstić information content (AvgIpc) is 2.64. The Morgan fingerprint density at radius 3 is 2.93 bits per heavy atom. The Balaban J connectivity index is 2.02. The second-order valence-electron chi connectivity index (χ2n) is 4.97. The number of piperidine rings is 1. The molecule has 0 amide bonds. The number of hydrogen-bond donors (Lipinski definition) is 1. The zero-order chi connectivity index (χ0) is 10.7. The summed E-state index contributed by atoms with van der Waals surface area (Å²) in [5.74, 6) is 0. The van der Waals surface area contributed by atoms with Gasteiger partial charge in [-0.2, -0.15) is 0 Å². The number of ether oxygens (including phenoxy) is 1. The average molecular weight is 212 g/mol. The summed E-state index contributed by atoms with van der Waals surface area (Å²) in [5, 5.41) is 3.64. The highest BCUT2D eigenvalue weighted by atomic mass is 16.5. The van der Waals surface area contributed by atoms with Crippen molar-refractivity contribution in [2.45, 2.75) is 44.2 Å². The van der Waals surface area contributed by atoms with Crippen LogP contribution in [0.25, 0.3) is 0 Å². The van der Waals surface area contributed by atoms with Gasteiger partial charge in [0, 0.05) is 25.2 Å². The molecule has 2 unspecified atom stereocenters. The monoisotopic (exact) mass is 212 g/mol. The topological polar surface area (TPSA) is 24.5 Å². The Bertz CT molecular complexity index is 210. The normalized spacial score (nSPS) is 37.6. The lowest BCUT2D eigenvalue weighted by atomic mass is 9.81. The molecule has 2 aliphatic rings. The molecule has 88 valence electrons. The molecule has 2 heterocycles. The van der Waals surface area contributed by atoms with Crippen molar-refractivity contribution < 1.29 is 4.74 Å². The largest absolute Gasteiger partial charge is 0.383 e. The summed E-state index contributed by atoms with van der Waals surface area (Å²) in [6.45, 7) is 6.78. The third-order valence-corrected chi connectivity index (χ3v) is 4.28. The van der Waals surface area contributed by atoms with E-state index in [0.29, 0.717) is 11.6 Å². The molecule has 2 saturated heterocycles. The van der Waals surface area contributed by atoms with Gasteiger partial charge < -0.3 is 10.1 Å². The van der Waals surface area contributed by atoms with Crippen molar-refractivity contribution in [2.24, 2.45) is 0 Å². The van der Waals surface area contributed by atoms with Crippen molar-refractivity contribution >= 4 is 0 Å². The maximum atomic E-state index is 5.21. The first kappa shape index (κ1) is 11.4. The van der Waals surface area contributed by atoms with Gasteiger partial charge in [0.25, 0.3) is 0 Å². The first-order chi connectivity index (χ1) is 7.29. The molecular weight excluding hydrogens is 188 g/mol. The fraction of sp³-hybridized carbons (Fsp3) is 1.00. The number of methoxy groups -OCH3 is 1. The molecule has 0 saturated carbocycles. The number of nitrogens with one attached hydrogen (secondary N) is 1. The van der Waals surface area contributed by atoms with Crippen molar-refractivity contribution in [3.63, 3.8) is 0 Å². The lowest BCUT2D eigenvalue weighted by Gasteiger charge is -2.46. The van der Waals surface area contributed by atoms with E-state index in [1.54, 1.807) is 7.11 Å². The van der Waals surface area contributed by atoms with Gasteiger partial charge in [-0.25, -0.2) is 0 Å². The van der Waals surface area contributed by atoms with E-state index < -0.39 is 0 Å². The van der Waals surface area contributed by atoms with E-state index >= 15 is 0 Å². The highest BCUT2D eigenvalue weighted by Gasteiger charge is 2.45. The van der Waals surface area contributed by atoms with Crippen molar-refractivity contribution in [3.8, 4) is 0 Å². The van der Waals surface area contributed by atoms with Gasteiger partial charge in [0.1, 0.15) is 0 Å². The molecule has 2 aliphatic heterocycles. The Hall–Kier alpha value is -0.120. The minimum absolute atomic E-state index is 0.441. The second kappa shape index (κ2) is 4.81. The maximum absolute atomic E-state index is 5.21. The van der Waals surface area contributed by atoms with E-state index in [9.17, 15) is 0 Å². The Kier molecular flexibility index (Phi) is 3.65. The van der Waals surface area contributed by atoms with Crippen LogP contribution in [0, 0.1) is 0 Å². The van der Waals surface area contributed by atoms with Crippen LogP contribution in [0.3, 0.4) is 0 Å². The molecule has 0 radical (unpaired) electrons. The van der Waals surface area contributed by atoms with E-state index in [0.717, 1.165) is 13.2 Å². The quantitative estimate of drug-likeness (QED) is 0.762. The molecule has 0 bridgehead atoms. The molecule has 1 spiro atoms. The fourth-order valence-electron chi connectivity index (χ4n) is 3.39. The molecule has 0 aromatic carbocycles. The SMILES string of the molecule is COCCN1CCCC12CCCNC2C. The van der Waals surface area contributed by atoms with Crippen LogP contribution < -0.4 is 5.32 Å². The second-order valence-corrected chi connectivity index (χ2v) is 4.97. The van der Waals surface area contributed by atoms with Crippen molar-refractivity contribution in [1.82, 2.24) is 10.2 Å². The highest BCUT2D eigenvalue weighted by Crippen LogP contribution is 2.38. The summed E-state index contributed by atoms with van der Waals surface area (Å²) in [5.41, 5.74) is 0.441. The fourth-order valence-corrected chi connectivity index (χ4v) is 3.39. The van der Waals surface area contributed by atoms with Crippen LogP contribution in [0.15, 0.2) is 0 Å². The smallest absolute Gasteiger partial charge is 0.0589 e. The highest BCUT2D eigenvalue weighted by molar-refractivity contribution is 5.04. The van der Waals surface area contributed by atoms with Crippen molar-refractivity contribution in [3.05, 3.63) is 0 Å². The summed E-state index contributed by atoms with van der Waals surface area (Å²) in [4.78, 5) is 2.66. The molecule has 2 atom stereocenters. The van der Waals surface area contributed by atoms with Gasteiger partial charge in [-0.3, -0.25) is 4.90 Å². The number of nitrogens with zero attached hydrogens (tertiary/aromatic N) is 1. The van der Waals surface area contributed by atoms with Crippen LogP contribution in [0.2, 0.25) is 0 Å². The van der Waals surface area contributed by atoms with Crippen LogP contribution in [-0.2, 0) is 4.74 Å². The number of hydrogen-bond acceptors (Lipinski definition) is 3. The van der Waals surface area contributed by atoms with Crippen molar-refractivity contribution in [2.75, 3.05) is 33.4 Å². The predicted octanol–water partition coefficient (Wildman–Crippen LogP) is 1.24. The Labute approximate surface area is 93.2 Å². The van der Waals surface area contributed by atoms with E-state index in [1.807, 2.05) is 0 Å². The van der Waals surface area contributed by atoms with Gasteiger partial charge in [0.15, 0.2) is 0 Å². The van der Waals surface area contributed by atoms with Crippen LogP contribution in [0.1, 0.15) is 32.6 Å². The zero-order valence-corrected chi connectivity index (χ0v) is 10.1. The van der Waals surface area contributed by atoms with Gasteiger partial charge in [-0.05, 0) is 45.7 Å². The van der Waals surface area contributed by atoms with Crippen LogP contribution >= 0.6 is 0 Å². The Morgan fingerprint density at radius 1 is 1.40 bits per heavy atom. The number of likely N-dealkylation sites (tertiary alicyclic amines) is 1. The lowest BCUT2D eigenvalue weighted by molar-refractivity contribution is 0.0446. The van der Waals surface area contributed by atoms with Gasteiger partial charge in [-0.15, -0.1) is 0 Å². The van der Waals surface area contributed by atoms with E-state index in [1.165, 1.54) is 38.8 Å². The molecule has 15 heavy (non-hydrogen) atoms. The van der Waals surface area contributed by atoms with Gasteiger partial charge in [0.2, 0.25) is 0 Å². The van der Waals surface area contributed by atoms with E-state index in [4.69, 9.17) is 4.74 Å². The molecule has 0 aliphatic carbocycles. The molecule has 0 aromatic rings. The number of rotatable bonds is 3. The standard InChI is InChI=1S/C12H24N2O/c1-11-12(5-3-7-13-11)6-4-8-14(12)9-10-15-2/h11,13H,3-10H2,1-2H3. The molecule has 1 N–H and O–H groups in total. The summed E-state index contributed by atoms with van der Waals surface area (Å²) in [7, 11) is 1.80. The van der Waals surface area contributed by atoms with Crippen LogP contribution in [-0.4, -0.2) is 49.8 Å². The lowest BCUT2D eigenvalue weighted by Crippen LogP contribution is -2.60. The minimum Gasteiger partial charge on any atom is -0.383 e. The van der Waals surface area contributed by atoms with Gasteiger partial charge in [-0.1, -0.05) is 0 Å². The molecule has 3 nitrogen and oxygen atoms in total. The van der Waals surface area contributed by atoms with Crippen LogP contribution in [0.4, 0.5) is 0 Å². The van der Waals surface area contributed by atoms with Crippen LogP contribution in [0.5, 0.6) is 0 Å². The zero-order valence-electron chi connectivity index (χ0n) is 10.1. The molecular formula is C12H24N2O. The maximum Gasteiger partial charge on any atom is 0.0589 e. The van der Waals surface area contributed by atoms with Gasteiger partial charge in [0.05, 0.1) is 6.61 Å². The molecule has 0 aromatic heterocycles. The molecule has 2 rings (SSSR count). The van der Waals surface area contributed by atoms with Crippen molar-refractivity contribution in [1.29, 1.82) is 0 Å². The first-order valence-corrected chi connectivity index (χ1v) is 6.27. The third-order valence-electron chi connectivity index (χ3n) is 4.28. The summed E-state index contributed by atoms with van der Waals surface area (Å²) in [6.07, 6.45) is 5.42. The summed E-state index contributed by atoms with van der Waals surface area (Å²) in [6, 6.07) is 0.644. The third kappa shape index (κ3) is 2.05. The van der Waals surface area contributed by atoms with E-state index in [2.05, 4.69) is 17.1 Å². The Morgan fingerprint density at radius 2 is 2.20 bits per heavy atom. The first-order valence-electron chi connectivity index (χ1n) is 6.27. The van der Waals surface area contributed by atoms with Gasteiger partial charge >= 0.3 is 0 Å². The summed E-state index contributed by atoms with van der Waals surface area (Å²) < 4.78 is 5.21. The van der Waals surface area contributed by atoms with E-state index in [-0.39, 0.29) is 0 Å². The molecule has 2 fully saturated rings. The minimum atomic E-state index is 0.441. The summed E-state index contributed by atoms with van der Waals surface area (Å²) >= 11 is 0. The molecule has 3 heteroatoms. The predicted molar refractivity (Wildman–Crippen MR) is 62.1 cm³/mol.